The van der Waals surface area contributed by atoms with Gasteiger partial charge in [0.05, 0.1) is 10.6 Å². The first-order valence-electron chi connectivity index (χ1n) is 4.96. The Morgan fingerprint density at radius 3 is 2.44 bits per heavy atom. The maximum atomic E-state index is 13.1. The van der Waals surface area contributed by atoms with E-state index in [1.165, 1.54) is 30.6 Å². The van der Waals surface area contributed by atoms with Gasteiger partial charge in [0, 0.05) is 18.1 Å². The van der Waals surface area contributed by atoms with Crippen LogP contribution in [0.5, 0.6) is 0 Å². The molecule has 0 fully saturated rings. The molecular weight excluding hydrogens is 257 g/mol. The number of hydrogen-bond donors (Lipinski definition) is 2. The van der Waals surface area contributed by atoms with Crippen molar-refractivity contribution < 1.29 is 12.8 Å². The van der Waals surface area contributed by atoms with Crippen LogP contribution in [-0.4, -0.2) is 13.4 Å². The molecule has 7 heteroatoms. The second-order valence-corrected chi connectivity index (χ2v) is 5.24. The highest BCUT2D eigenvalue weighted by Crippen LogP contribution is 2.19. The number of nitrogen functional groups attached to an aromatic ring is 1. The Balaban J connectivity index is 2.37. The zero-order valence-corrected chi connectivity index (χ0v) is 9.99. The van der Waals surface area contributed by atoms with E-state index >= 15 is 0 Å². The average molecular weight is 267 g/mol. The van der Waals surface area contributed by atoms with Crippen molar-refractivity contribution in [1.82, 2.24) is 4.98 Å². The molecule has 0 spiro atoms. The maximum Gasteiger partial charge on any atom is 0.262 e. The van der Waals surface area contributed by atoms with Gasteiger partial charge in [-0.3, -0.25) is 9.71 Å². The number of pyridine rings is 1. The van der Waals surface area contributed by atoms with E-state index in [0.717, 1.165) is 12.1 Å². The summed E-state index contributed by atoms with van der Waals surface area (Å²) in [6.07, 6.45) is 2.88. The second kappa shape index (κ2) is 4.61. The third-order valence-electron chi connectivity index (χ3n) is 2.14. The molecule has 0 saturated heterocycles. The zero-order chi connectivity index (χ0) is 13.2. The summed E-state index contributed by atoms with van der Waals surface area (Å²) in [5.41, 5.74) is 5.79. The molecule has 0 aliphatic heterocycles. The van der Waals surface area contributed by atoms with Gasteiger partial charge in [-0.05, 0) is 30.3 Å². The second-order valence-electron chi connectivity index (χ2n) is 3.56. The summed E-state index contributed by atoms with van der Waals surface area (Å²) in [6, 6.07) is 6.11. The van der Waals surface area contributed by atoms with Crippen LogP contribution in [0.3, 0.4) is 0 Å². The van der Waals surface area contributed by atoms with Gasteiger partial charge in [-0.1, -0.05) is 0 Å². The molecule has 1 aromatic carbocycles. The predicted octanol–water partition coefficient (Wildman–Crippen LogP) is 1.60. The highest BCUT2D eigenvalue weighted by molar-refractivity contribution is 7.92. The summed E-state index contributed by atoms with van der Waals surface area (Å²) in [4.78, 5) is 3.54. The van der Waals surface area contributed by atoms with Gasteiger partial charge in [-0.25, -0.2) is 12.8 Å². The number of nitrogens with two attached hydrogens (primary N) is 1. The minimum Gasteiger partial charge on any atom is -0.399 e. The fraction of sp³-hybridized carbons (Fsp3) is 0. The van der Waals surface area contributed by atoms with Crippen molar-refractivity contribution in [2.45, 2.75) is 4.90 Å². The quantitative estimate of drug-likeness (QED) is 0.827. The van der Waals surface area contributed by atoms with E-state index in [0.29, 0.717) is 5.69 Å². The molecule has 0 amide bonds. The predicted molar refractivity (Wildman–Crippen MR) is 65.9 cm³/mol. The van der Waals surface area contributed by atoms with Crippen molar-refractivity contribution in [3.8, 4) is 0 Å². The molecule has 2 rings (SSSR count). The fourth-order valence-corrected chi connectivity index (χ4v) is 2.50. The molecule has 0 radical (unpaired) electrons. The van der Waals surface area contributed by atoms with Crippen molar-refractivity contribution in [1.29, 1.82) is 0 Å². The minimum atomic E-state index is -3.86. The molecule has 0 aliphatic rings. The third kappa shape index (κ3) is 2.75. The van der Waals surface area contributed by atoms with E-state index < -0.39 is 15.8 Å². The fourth-order valence-electron chi connectivity index (χ4n) is 1.37. The average Bonchev–Trinajstić information content (AvgIpc) is 2.28. The van der Waals surface area contributed by atoms with Gasteiger partial charge in [0.2, 0.25) is 0 Å². The standard InChI is InChI=1S/C11H10FN3O2S/c12-8-5-9(13)7-11(6-8)18(16,17)15-10-1-3-14-4-2-10/h1-7H,13H2,(H,14,15). The number of halogens is 1. The number of rotatable bonds is 3. The maximum absolute atomic E-state index is 13.1. The lowest BCUT2D eigenvalue weighted by atomic mass is 10.3. The van der Waals surface area contributed by atoms with Crippen LogP contribution >= 0.6 is 0 Å². The van der Waals surface area contributed by atoms with E-state index in [9.17, 15) is 12.8 Å². The number of nitrogens with zero attached hydrogens (tertiary/aromatic N) is 1. The van der Waals surface area contributed by atoms with Crippen LogP contribution in [0.2, 0.25) is 0 Å². The molecule has 1 aromatic heterocycles. The van der Waals surface area contributed by atoms with Gasteiger partial charge >= 0.3 is 0 Å². The Labute approximate surface area is 104 Å². The molecule has 0 saturated carbocycles. The van der Waals surface area contributed by atoms with Crippen molar-refractivity contribution in [2.75, 3.05) is 10.5 Å². The van der Waals surface area contributed by atoms with Crippen LogP contribution in [0.15, 0.2) is 47.6 Å². The number of benzene rings is 1. The first-order valence-corrected chi connectivity index (χ1v) is 6.44. The molecule has 18 heavy (non-hydrogen) atoms. The van der Waals surface area contributed by atoms with Crippen molar-refractivity contribution in [2.24, 2.45) is 0 Å². The Morgan fingerprint density at radius 1 is 1.17 bits per heavy atom. The molecule has 0 aliphatic carbocycles. The van der Waals surface area contributed by atoms with E-state index in [1.54, 1.807) is 0 Å². The van der Waals surface area contributed by atoms with Crippen LogP contribution in [-0.2, 0) is 10.0 Å². The lowest BCUT2D eigenvalue weighted by molar-refractivity contribution is 0.595. The largest absolute Gasteiger partial charge is 0.399 e. The normalized spacial score (nSPS) is 11.2. The number of aromatic nitrogens is 1. The third-order valence-corrected chi connectivity index (χ3v) is 3.50. The summed E-state index contributed by atoms with van der Waals surface area (Å²) in [7, 11) is -3.86. The molecule has 94 valence electrons. The topological polar surface area (TPSA) is 85.1 Å². The van der Waals surface area contributed by atoms with Gasteiger partial charge in [0.15, 0.2) is 0 Å². The number of hydrogen-bond acceptors (Lipinski definition) is 4. The van der Waals surface area contributed by atoms with Gasteiger partial charge in [0.25, 0.3) is 10.0 Å². The van der Waals surface area contributed by atoms with Crippen LogP contribution in [0.4, 0.5) is 15.8 Å². The molecule has 5 nitrogen and oxygen atoms in total. The van der Waals surface area contributed by atoms with Crippen molar-refractivity contribution >= 4 is 21.4 Å². The van der Waals surface area contributed by atoms with Crippen LogP contribution in [0, 0.1) is 5.82 Å². The van der Waals surface area contributed by atoms with Crippen LogP contribution in [0.25, 0.3) is 0 Å². The highest BCUT2D eigenvalue weighted by atomic mass is 32.2. The van der Waals surface area contributed by atoms with E-state index in [2.05, 4.69) is 9.71 Å². The van der Waals surface area contributed by atoms with Crippen LogP contribution in [0.1, 0.15) is 0 Å². The Kier molecular flexibility index (Phi) is 3.15. The number of sulfonamides is 1. The SMILES string of the molecule is Nc1cc(F)cc(S(=O)(=O)Nc2ccncc2)c1. The van der Waals surface area contributed by atoms with Gasteiger partial charge < -0.3 is 5.73 Å². The molecule has 2 aromatic rings. The molecule has 1 heterocycles. The Bertz CT molecular complexity index is 639. The molecule has 0 unspecified atom stereocenters. The van der Waals surface area contributed by atoms with E-state index in [-0.39, 0.29) is 10.6 Å². The lowest BCUT2D eigenvalue weighted by Crippen LogP contribution is -2.13. The van der Waals surface area contributed by atoms with Crippen molar-refractivity contribution in [3.05, 3.63) is 48.5 Å². The minimum absolute atomic E-state index is 0.0464. The smallest absolute Gasteiger partial charge is 0.262 e. The van der Waals surface area contributed by atoms with E-state index in [4.69, 9.17) is 5.73 Å². The van der Waals surface area contributed by atoms with Gasteiger partial charge in [-0.15, -0.1) is 0 Å². The van der Waals surface area contributed by atoms with E-state index in [1.807, 2.05) is 0 Å². The summed E-state index contributed by atoms with van der Waals surface area (Å²) in [6.45, 7) is 0. The molecular formula is C11H10FN3O2S. The Hall–Kier alpha value is -2.15. The summed E-state index contributed by atoms with van der Waals surface area (Å²) in [5.74, 6) is -0.704. The van der Waals surface area contributed by atoms with Crippen molar-refractivity contribution in [3.63, 3.8) is 0 Å². The molecule has 0 atom stereocenters. The first-order chi connectivity index (χ1) is 8.47. The van der Waals surface area contributed by atoms with Gasteiger partial charge in [0.1, 0.15) is 5.82 Å². The summed E-state index contributed by atoms with van der Waals surface area (Å²) in [5, 5.41) is 0. The number of anilines is 2. The number of nitrogens with one attached hydrogen (secondary N) is 1. The van der Waals surface area contributed by atoms with Gasteiger partial charge in [-0.2, -0.15) is 0 Å². The lowest BCUT2D eigenvalue weighted by Gasteiger charge is -2.08. The summed E-state index contributed by atoms with van der Waals surface area (Å²) >= 11 is 0. The Morgan fingerprint density at radius 2 is 1.83 bits per heavy atom. The zero-order valence-electron chi connectivity index (χ0n) is 9.17. The molecule has 0 bridgehead atoms. The monoisotopic (exact) mass is 267 g/mol. The first kappa shape index (κ1) is 12.3. The highest BCUT2D eigenvalue weighted by Gasteiger charge is 2.15. The summed E-state index contributed by atoms with van der Waals surface area (Å²) < 4.78 is 39.3. The molecule has 3 N–H and O–H groups in total. The van der Waals surface area contributed by atoms with Crippen LogP contribution < -0.4 is 10.5 Å².